The van der Waals surface area contributed by atoms with Gasteiger partial charge in [0.15, 0.2) is 11.4 Å². The second-order valence-electron chi connectivity index (χ2n) is 12.6. The molecule has 47 heavy (non-hydrogen) atoms. The summed E-state index contributed by atoms with van der Waals surface area (Å²) in [6, 6.07) is 7.06. The number of hydrogen-bond acceptors (Lipinski definition) is 8. The predicted molar refractivity (Wildman–Crippen MR) is 167 cm³/mol. The van der Waals surface area contributed by atoms with Crippen molar-refractivity contribution in [2.45, 2.75) is 81.5 Å². The highest BCUT2D eigenvalue weighted by Gasteiger charge is 2.45. The number of carboxylic acids is 1. The summed E-state index contributed by atoms with van der Waals surface area (Å²) in [5.74, 6) is -5.59. The van der Waals surface area contributed by atoms with Gasteiger partial charge in [-0.3, -0.25) is 4.79 Å². The number of para-hydroxylation sites is 1. The van der Waals surface area contributed by atoms with Crippen LogP contribution in [0.3, 0.4) is 0 Å². The Kier molecular flexibility index (Phi) is 8.13. The highest BCUT2D eigenvalue weighted by Crippen LogP contribution is 2.44. The minimum Gasteiger partial charge on any atom is -0.480 e. The maximum atomic E-state index is 16.6. The van der Waals surface area contributed by atoms with E-state index < -0.39 is 42.0 Å². The maximum Gasteiger partial charge on any atom is 0.326 e. The number of carbonyl (C=O) groups excluding carboxylic acids is 1. The molecular formula is C33H33ClF3N5O5. The third kappa shape index (κ3) is 5.94. The van der Waals surface area contributed by atoms with Crippen molar-refractivity contribution >= 4 is 51.4 Å². The second-order valence-corrected chi connectivity index (χ2v) is 13.0. The van der Waals surface area contributed by atoms with E-state index in [-0.39, 0.29) is 91.0 Å². The number of aromatic nitrogens is 3. The summed E-state index contributed by atoms with van der Waals surface area (Å²) in [5, 5.41) is 11.0. The molecule has 7 heterocycles. The van der Waals surface area contributed by atoms with Gasteiger partial charge < -0.3 is 24.1 Å². The molecule has 14 heteroatoms. The van der Waals surface area contributed by atoms with E-state index in [1.165, 1.54) is 17.2 Å². The van der Waals surface area contributed by atoms with Gasteiger partial charge in [0, 0.05) is 56.8 Å². The van der Waals surface area contributed by atoms with Crippen LogP contribution in [0.5, 0.6) is 5.88 Å². The van der Waals surface area contributed by atoms with Crippen molar-refractivity contribution in [3.8, 4) is 5.88 Å². The van der Waals surface area contributed by atoms with Crippen molar-refractivity contribution < 1.29 is 37.0 Å². The molecule has 4 aliphatic heterocycles. The number of fused-ring (bicyclic) bond motifs is 12. The number of pyridine rings is 1. The zero-order valence-electron chi connectivity index (χ0n) is 25.4. The molecule has 0 saturated carbocycles. The number of furan rings is 1. The Balaban J connectivity index is 1.32. The number of ether oxygens (including phenoxy) is 1. The number of hydrogen-bond donors (Lipinski definition) is 1. The van der Waals surface area contributed by atoms with E-state index in [2.05, 4.69) is 15.0 Å². The van der Waals surface area contributed by atoms with Crippen LogP contribution >= 0.6 is 11.6 Å². The van der Waals surface area contributed by atoms with Crippen LogP contribution in [0.2, 0.25) is 5.02 Å². The summed E-state index contributed by atoms with van der Waals surface area (Å²) in [6.07, 6.45) is 1.90. The normalized spacial score (nSPS) is 23.4. The van der Waals surface area contributed by atoms with Crippen LogP contribution in [0.15, 0.2) is 40.9 Å². The average molecular weight is 672 g/mol. The van der Waals surface area contributed by atoms with E-state index >= 15 is 13.2 Å². The molecule has 2 atom stereocenters. The van der Waals surface area contributed by atoms with Gasteiger partial charge in [-0.25, -0.2) is 24.1 Å². The Labute approximate surface area is 272 Å². The lowest BCUT2D eigenvalue weighted by Crippen LogP contribution is -2.43. The molecule has 0 spiro atoms. The van der Waals surface area contributed by atoms with Gasteiger partial charge >= 0.3 is 11.9 Å². The first kappa shape index (κ1) is 31.5. The number of carbonyl (C=O) groups is 2. The van der Waals surface area contributed by atoms with E-state index in [1.807, 2.05) is 0 Å². The number of halogens is 4. The van der Waals surface area contributed by atoms with Crippen molar-refractivity contribution in [1.29, 1.82) is 0 Å². The molecule has 1 N–H and O–H groups in total. The zero-order chi connectivity index (χ0) is 32.9. The summed E-state index contributed by atoms with van der Waals surface area (Å²) >= 11 is 6.26. The van der Waals surface area contributed by atoms with E-state index in [0.717, 1.165) is 0 Å². The number of benzene rings is 1. The smallest absolute Gasteiger partial charge is 0.326 e. The molecule has 0 radical (unpaired) electrons. The van der Waals surface area contributed by atoms with Crippen LogP contribution in [0.25, 0.3) is 22.1 Å². The molecule has 3 aromatic heterocycles. The molecule has 0 unspecified atom stereocenters. The highest BCUT2D eigenvalue weighted by atomic mass is 35.5. The minimum absolute atomic E-state index is 0.00843. The molecule has 4 aliphatic rings. The molecule has 2 saturated heterocycles. The number of rotatable bonds is 1. The van der Waals surface area contributed by atoms with Gasteiger partial charge in [0.2, 0.25) is 17.6 Å². The number of carboxylic acid groups (broad SMARTS) is 1. The van der Waals surface area contributed by atoms with Crippen LogP contribution in [0, 0.1) is 0 Å². The molecule has 1 aromatic carbocycles. The summed E-state index contributed by atoms with van der Waals surface area (Å²) in [4.78, 5) is 41.3. The van der Waals surface area contributed by atoms with Crippen LogP contribution in [0.1, 0.15) is 69.2 Å². The van der Waals surface area contributed by atoms with Crippen LogP contribution in [0.4, 0.5) is 19.0 Å². The first-order valence-electron chi connectivity index (χ1n) is 15.9. The molecule has 8 rings (SSSR count). The Hall–Kier alpha value is -4.13. The predicted octanol–water partition coefficient (Wildman–Crippen LogP) is 6.77. The molecule has 2 fully saturated rings. The monoisotopic (exact) mass is 671 g/mol. The lowest BCUT2D eigenvalue weighted by Gasteiger charge is -2.37. The standard InChI is InChI=1S/C33H33ClF3N5O5/c34-19-15-22-29(38-17-19)46-20-16-23(30(44)45)42(18-20)28-27-26(21-7-4-5-8-24(21)47-27)39-31(40-28)33(36,37)10-6-2-1-3-9-25(43)41-13-11-32(22,35)12-14-41/h4-5,7-8,15,17,20,23H,1-3,6,9-14,16,18H2,(H,44,45)/t20-,23-/m0/s1. The maximum absolute atomic E-state index is 16.6. The largest absolute Gasteiger partial charge is 0.480 e. The van der Waals surface area contributed by atoms with Gasteiger partial charge in [-0.1, -0.05) is 36.6 Å². The van der Waals surface area contributed by atoms with Crippen LogP contribution in [-0.4, -0.2) is 68.6 Å². The fourth-order valence-electron chi connectivity index (χ4n) is 6.91. The second kappa shape index (κ2) is 12.1. The Morgan fingerprint density at radius 2 is 1.81 bits per heavy atom. The average Bonchev–Trinajstić information content (AvgIpc) is 3.65. The zero-order valence-corrected chi connectivity index (χ0v) is 26.2. The Morgan fingerprint density at radius 3 is 2.60 bits per heavy atom. The molecule has 0 aliphatic carbocycles. The number of aliphatic carboxylic acids is 1. The van der Waals surface area contributed by atoms with Crippen molar-refractivity contribution in [2.75, 3.05) is 24.5 Å². The fourth-order valence-corrected chi connectivity index (χ4v) is 7.07. The number of amides is 1. The third-order valence-corrected chi connectivity index (χ3v) is 9.67. The highest BCUT2D eigenvalue weighted by molar-refractivity contribution is 6.30. The third-order valence-electron chi connectivity index (χ3n) is 9.47. The van der Waals surface area contributed by atoms with Gasteiger partial charge in [-0.2, -0.15) is 8.78 Å². The van der Waals surface area contributed by atoms with Crippen molar-refractivity contribution in [3.63, 3.8) is 0 Å². The SMILES string of the molecule is O=C(O)[C@@H]1C[C@H]2CN1c1nc(nc3c1oc1ccccc13)C(F)(F)CCCCCCC(=O)N1CCC(F)(CC1)c1cc(Cl)cnc1O2. The number of nitrogens with zero attached hydrogens (tertiary/aromatic N) is 5. The molecule has 4 aromatic rings. The van der Waals surface area contributed by atoms with E-state index in [1.54, 1.807) is 29.2 Å². The molecule has 1 amide bonds. The molecule has 6 bridgehead atoms. The summed E-state index contributed by atoms with van der Waals surface area (Å²) in [5.41, 5.74) is -1.14. The van der Waals surface area contributed by atoms with Crippen molar-refractivity contribution in [1.82, 2.24) is 19.9 Å². The molecular weight excluding hydrogens is 639 g/mol. The quantitative estimate of drug-likeness (QED) is 0.234. The summed E-state index contributed by atoms with van der Waals surface area (Å²) in [7, 11) is 0. The topological polar surface area (TPSA) is 122 Å². The summed E-state index contributed by atoms with van der Waals surface area (Å²) in [6.45, 7) is 0.289. The first-order chi connectivity index (χ1) is 22.5. The Bertz CT molecular complexity index is 1850. The van der Waals surface area contributed by atoms with Crippen LogP contribution < -0.4 is 9.64 Å². The lowest BCUT2D eigenvalue weighted by molar-refractivity contribution is -0.138. The van der Waals surface area contributed by atoms with Gasteiger partial charge in [0.05, 0.1) is 17.1 Å². The van der Waals surface area contributed by atoms with Crippen LogP contribution in [-0.2, 0) is 21.2 Å². The first-order valence-corrected chi connectivity index (χ1v) is 16.3. The molecule has 248 valence electrons. The van der Waals surface area contributed by atoms with Gasteiger partial charge in [-0.05, 0) is 31.0 Å². The van der Waals surface area contributed by atoms with Gasteiger partial charge in [0.1, 0.15) is 28.9 Å². The Morgan fingerprint density at radius 1 is 1.04 bits per heavy atom. The molecule has 10 nitrogen and oxygen atoms in total. The van der Waals surface area contributed by atoms with E-state index in [4.69, 9.17) is 20.8 Å². The summed E-state index contributed by atoms with van der Waals surface area (Å²) < 4.78 is 60.5. The number of piperidine rings is 1. The van der Waals surface area contributed by atoms with Crippen molar-refractivity contribution in [2.24, 2.45) is 0 Å². The van der Waals surface area contributed by atoms with Gasteiger partial charge in [-0.15, -0.1) is 0 Å². The number of alkyl halides is 3. The van der Waals surface area contributed by atoms with E-state index in [9.17, 15) is 14.7 Å². The van der Waals surface area contributed by atoms with E-state index in [0.29, 0.717) is 30.2 Å². The minimum atomic E-state index is -3.42. The fraction of sp³-hybridized carbons (Fsp3) is 0.485. The van der Waals surface area contributed by atoms with Crippen molar-refractivity contribution in [3.05, 3.63) is 52.9 Å². The lowest BCUT2D eigenvalue weighted by atomic mass is 9.86. The van der Waals surface area contributed by atoms with Gasteiger partial charge in [0.25, 0.3) is 0 Å². The number of anilines is 1.